The van der Waals surface area contributed by atoms with Gasteiger partial charge in [-0.25, -0.2) is 9.29 Å². The van der Waals surface area contributed by atoms with Gasteiger partial charge in [0.2, 0.25) is 11.8 Å². The van der Waals surface area contributed by atoms with Crippen LogP contribution in [-0.2, 0) is 9.59 Å². The Morgan fingerprint density at radius 3 is 1.91 bits per heavy atom. The number of anilines is 1. The van der Waals surface area contributed by atoms with Crippen LogP contribution in [0.25, 0.3) is 0 Å². The number of carbonyl (C=O) groups is 2. The molecule has 0 aromatic heterocycles. The van der Waals surface area contributed by atoms with Crippen LogP contribution in [0.15, 0.2) is 47.6 Å². The summed E-state index contributed by atoms with van der Waals surface area (Å²) in [6.45, 7) is 4.08. The zero-order chi connectivity index (χ0) is 15.6. The van der Waals surface area contributed by atoms with Gasteiger partial charge < -0.3 is 0 Å². The highest BCUT2D eigenvalue weighted by Gasteiger charge is 2.61. The van der Waals surface area contributed by atoms with Crippen LogP contribution < -0.4 is 4.90 Å². The van der Waals surface area contributed by atoms with Crippen molar-refractivity contribution in [2.24, 2.45) is 23.7 Å². The van der Waals surface area contributed by atoms with Crippen LogP contribution in [0.2, 0.25) is 0 Å². The summed E-state index contributed by atoms with van der Waals surface area (Å²) >= 11 is 0. The maximum Gasteiger partial charge on any atom is 0.238 e. The average molecular weight is 297 g/mol. The zero-order valence-corrected chi connectivity index (χ0v) is 12.4. The number of imide groups is 1. The molecule has 2 fully saturated rings. The lowest BCUT2D eigenvalue weighted by Gasteiger charge is -2.19. The molecule has 1 aromatic carbocycles. The summed E-state index contributed by atoms with van der Waals surface area (Å²) in [6.07, 6.45) is 4.13. The molecule has 22 heavy (non-hydrogen) atoms. The first-order chi connectivity index (χ1) is 10.5. The van der Waals surface area contributed by atoms with Gasteiger partial charge in [0, 0.05) is 11.8 Å². The maximum atomic E-state index is 13.1. The highest BCUT2D eigenvalue weighted by atomic mass is 19.1. The normalized spacial score (nSPS) is 32.1. The van der Waals surface area contributed by atoms with Crippen molar-refractivity contribution < 1.29 is 14.0 Å². The van der Waals surface area contributed by atoms with Crippen LogP contribution >= 0.6 is 0 Å². The summed E-state index contributed by atoms with van der Waals surface area (Å²) in [5.74, 6) is -1.19. The standard InChI is InChI=1S/C18H16FNO2/c1-9(2)14-12-7-8-13(14)16-15(12)17(21)20(18(16)22)11-5-3-10(19)4-6-11/h3-8,12-13,15-16H,1-2H3/t12-,13-,15-,16+/m0/s1. The molecule has 2 amide bonds. The van der Waals surface area contributed by atoms with E-state index in [1.165, 1.54) is 40.3 Å². The van der Waals surface area contributed by atoms with Crippen molar-refractivity contribution in [3.05, 3.63) is 53.4 Å². The molecule has 1 aromatic rings. The van der Waals surface area contributed by atoms with Gasteiger partial charge in [-0.2, -0.15) is 0 Å². The molecule has 4 rings (SSSR count). The number of allylic oxidation sites excluding steroid dienone is 4. The Labute approximate surface area is 128 Å². The van der Waals surface area contributed by atoms with Crippen molar-refractivity contribution in [2.75, 3.05) is 4.90 Å². The molecule has 1 aliphatic heterocycles. The summed E-state index contributed by atoms with van der Waals surface area (Å²) in [6, 6.07) is 5.53. The first-order valence-corrected chi connectivity index (χ1v) is 7.49. The fourth-order valence-corrected chi connectivity index (χ4v) is 4.27. The Hall–Kier alpha value is -2.23. The lowest BCUT2D eigenvalue weighted by atomic mass is 9.85. The molecule has 0 radical (unpaired) electrons. The number of hydrogen-bond donors (Lipinski definition) is 0. The number of hydrogen-bond acceptors (Lipinski definition) is 2. The Kier molecular flexibility index (Phi) is 2.68. The average Bonchev–Trinajstić information content (AvgIpc) is 3.11. The minimum atomic E-state index is -0.378. The van der Waals surface area contributed by atoms with Gasteiger partial charge in [0.15, 0.2) is 0 Å². The Morgan fingerprint density at radius 2 is 1.45 bits per heavy atom. The molecule has 0 unspecified atom stereocenters. The van der Waals surface area contributed by atoms with Crippen molar-refractivity contribution in [3.8, 4) is 0 Å². The molecule has 2 bridgehead atoms. The predicted molar refractivity (Wildman–Crippen MR) is 80.4 cm³/mol. The van der Waals surface area contributed by atoms with E-state index in [1.54, 1.807) is 0 Å². The van der Waals surface area contributed by atoms with Gasteiger partial charge >= 0.3 is 0 Å². The molecule has 4 atom stereocenters. The number of benzene rings is 1. The molecule has 3 nitrogen and oxygen atoms in total. The molecule has 0 spiro atoms. The molecule has 1 saturated heterocycles. The van der Waals surface area contributed by atoms with Crippen LogP contribution in [0.4, 0.5) is 10.1 Å². The van der Waals surface area contributed by atoms with E-state index in [1.807, 2.05) is 13.8 Å². The van der Waals surface area contributed by atoms with Crippen LogP contribution in [-0.4, -0.2) is 11.8 Å². The monoisotopic (exact) mass is 297 g/mol. The highest BCUT2D eigenvalue weighted by molar-refractivity contribution is 6.23. The third kappa shape index (κ3) is 1.55. The van der Waals surface area contributed by atoms with Crippen molar-refractivity contribution in [3.63, 3.8) is 0 Å². The second kappa shape index (κ2) is 4.38. The van der Waals surface area contributed by atoms with E-state index in [0.717, 1.165) is 0 Å². The van der Waals surface area contributed by atoms with E-state index in [4.69, 9.17) is 0 Å². The number of rotatable bonds is 1. The van der Waals surface area contributed by atoms with Crippen LogP contribution in [0, 0.1) is 29.5 Å². The minimum absolute atomic E-state index is 0.0434. The number of amides is 2. The molecule has 3 aliphatic rings. The molecule has 4 heteroatoms. The second-order valence-electron chi connectivity index (χ2n) is 6.43. The first-order valence-electron chi connectivity index (χ1n) is 7.49. The maximum absolute atomic E-state index is 13.1. The minimum Gasteiger partial charge on any atom is -0.274 e. The molecule has 1 saturated carbocycles. The number of carbonyl (C=O) groups excluding carboxylic acids is 2. The van der Waals surface area contributed by atoms with E-state index in [-0.39, 0.29) is 41.3 Å². The van der Waals surface area contributed by atoms with E-state index >= 15 is 0 Å². The van der Waals surface area contributed by atoms with E-state index in [9.17, 15) is 14.0 Å². The van der Waals surface area contributed by atoms with Gasteiger partial charge in [0.1, 0.15) is 5.82 Å². The molecular formula is C18H16FNO2. The van der Waals surface area contributed by atoms with Crippen molar-refractivity contribution in [2.45, 2.75) is 13.8 Å². The summed E-state index contributed by atoms with van der Waals surface area (Å²) in [5.41, 5.74) is 2.89. The van der Waals surface area contributed by atoms with Gasteiger partial charge in [0.05, 0.1) is 17.5 Å². The number of fused-ring (bicyclic) bond motifs is 5. The Bertz CT molecular complexity index is 709. The predicted octanol–water partition coefficient (Wildman–Crippen LogP) is 3.08. The van der Waals surface area contributed by atoms with Gasteiger partial charge in [-0.05, 0) is 38.1 Å². The zero-order valence-electron chi connectivity index (χ0n) is 12.4. The third-order valence-corrected chi connectivity index (χ3v) is 5.08. The summed E-state index contributed by atoms with van der Waals surface area (Å²) in [5, 5.41) is 0. The fraction of sp³-hybridized carbons (Fsp3) is 0.333. The van der Waals surface area contributed by atoms with E-state index < -0.39 is 0 Å². The van der Waals surface area contributed by atoms with E-state index in [0.29, 0.717) is 5.69 Å². The van der Waals surface area contributed by atoms with Gasteiger partial charge in [0.25, 0.3) is 0 Å². The molecule has 0 N–H and O–H groups in total. The smallest absolute Gasteiger partial charge is 0.238 e. The summed E-state index contributed by atoms with van der Waals surface area (Å²) in [4.78, 5) is 26.8. The van der Waals surface area contributed by atoms with Crippen LogP contribution in [0.3, 0.4) is 0 Å². The van der Waals surface area contributed by atoms with Crippen molar-refractivity contribution in [1.82, 2.24) is 0 Å². The first kappa shape index (κ1) is 13.4. The van der Waals surface area contributed by atoms with Gasteiger partial charge in [-0.3, -0.25) is 9.59 Å². The number of halogens is 1. The van der Waals surface area contributed by atoms with E-state index in [2.05, 4.69) is 12.2 Å². The molecular weight excluding hydrogens is 281 g/mol. The second-order valence-corrected chi connectivity index (χ2v) is 6.43. The largest absolute Gasteiger partial charge is 0.274 e. The van der Waals surface area contributed by atoms with Crippen molar-refractivity contribution in [1.29, 1.82) is 0 Å². The van der Waals surface area contributed by atoms with Crippen LogP contribution in [0.5, 0.6) is 0 Å². The number of nitrogens with zero attached hydrogens (tertiary/aromatic N) is 1. The highest BCUT2D eigenvalue weighted by Crippen LogP contribution is 2.57. The quantitative estimate of drug-likeness (QED) is 0.590. The molecule has 112 valence electrons. The Balaban J connectivity index is 1.76. The Morgan fingerprint density at radius 1 is 0.955 bits per heavy atom. The van der Waals surface area contributed by atoms with Gasteiger partial charge in [-0.15, -0.1) is 0 Å². The lowest BCUT2D eigenvalue weighted by molar-refractivity contribution is -0.122. The summed E-state index contributed by atoms with van der Waals surface area (Å²) < 4.78 is 13.1. The van der Waals surface area contributed by atoms with Gasteiger partial charge in [-0.1, -0.05) is 23.3 Å². The fourth-order valence-electron chi connectivity index (χ4n) is 4.27. The topological polar surface area (TPSA) is 37.4 Å². The SMILES string of the molecule is CC(C)=C1[C@@H]2C=C[C@@H]1[C@H]1C(=O)N(c3ccc(F)cc3)C(=O)[C@H]12. The third-order valence-electron chi connectivity index (χ3n) is 5.08. The summed E-state index contributed by atoms with van der Waals surface area (Å²) in [7, 11) is 0. The van der Waals surface area contributed by atoms with Crippen molar-refractivity contribution >= 4 is 17.5 Å². The molecule has 1 heterocycles. The lowest BCUT2D eigenvalue weighted by Crippen LogP contribution is -2.33. The van der Waals surface area contributed by atoms with Crippen LogP contribution in [0.1, 0.15) is 13.8 Å². The molecule has 2 aliphatic carbocycles.